The Morgan fingerprint density at radius 3 is 2.31 bits per heavy atom. The highest BCUT2D eigenvalue weighted by Crippen LogP contribution is 2.48. The van der Waals surface area contributed by atoms with Gasteiger partial charge in [-0.15, -0.1) is 0 Å². The predicted octanol–water partition coefficient (Wildman–Crippen LogP) is 9.31. The number of allylic oxidation sites excluding steroid dienone is 4. The zero-order chi connectivity index (χ0) is 39.3. The van der Waals surface area contributed by atoms with Gasteiger partial charge in [-0.25, -0.2) is 11.2 Å². The van der Waals surface area contributed by atoms with E-state index in [0.29, 0.717) is 45.9 Å². The number of anilines is 1. The van der Waals surface area contributed by atoms with Gasteiger partial charge in [0.15, 0.2) is 5.71 Å². The van der Waals surface area contributed by atoms with Gasteiger partial charge in [0.2, 0.25) is 18.1 Å². The van der Waals surface area contributed by atoms with Crippen LogP contribution in [0.15, 0.2) is 72.5 Å². The SMILES string of the molecule is [C-]#[N+]CCOP(OCCOCCNC(=O)CCCCCN1/C(=C/C=C/C2=[N+](CC)c3ccccc3C2(C)C)C(C)(C)c2ccccc21)N(C(C)C)C(C)C. The van der Waals surface area contributed by atoms with Crippen molar-refractivity contribution in [1.82, 2.24) is 9.99 Å². The summed E-state index contributed by atoms with van der Waals surface area (Å²) in [6.07, 6.45) is 10.2. The number of ether oxygens (including phenoxy) is 1. The molecule has 0 aromatic heterocycles. The normalized spacial score (nSPS) is 17.2. The number of rotatable bonds is 22. The molecule has 0 aliphatic carbocycles. The molecule has 54 heavy (non-hydrogen) atoms. The summed E-state index contributed by atoms with van der Waals surface area (Å²) < 4.78 is 22.4. The van der Waals surface area contributed by atoms with Crippen molar-refractivity contribution in [3.63, 3.8) is 0 Å². The van der Waals surface area contributed by atoms with Crippen LogP contribution >= 0.6 is 8.53 Å². The van der Waals surface area contributed by atoms with E-state index in [1.165, 1.54) is 33.9 Å². The van der Waals surface area contributed by atoms with Gasteiger partial charge in [0.05, 0.1) is 25.2 Å². The minimum Gasteiger partial charge on any atom is -0.377 e. The van der Waals surface area contributed by atoms with Crippen LogP contribution in [0.1, 0.15) is 99.1 Å². The van der Waals surface area contributed by atoms with E-state index in [1.807, 2.05) is 0 Å². The third-order valence-corrected chi connectivity index (χ3v) is 12.5. The van der Waals surface area contributed by atoms with Crippen molar-refractivity contribution in [3.8, 4) is 0 Å². The first-order valence-electron chi connectivity index (χ1n) is 19.9. The second-order valence-electron chi connectivity index (χ2n) is 15.6. The Balaban J connectivity index is 1.23. The van der Waals surface area contributed by atoms with Crippen molar-refractivity contribution in [2.24, 2.45) is 0 Å². The fourth-order valence-electron chi connectivity index (χ4n) is 7.76. The lowest BCUT2D eigenvalue weighted by Gasteiger charge is -2.35. The lowest BCUT2D eigenvalue weighted by Crippen LogP contribution is -2.34. The molecule has 0 saturated carbocycles. The first-order valence-corrected chi connectivity index (χ1v) is 21.0. The topological polar surface area (TPSA) is 70.6 Å². The lowest BCUT2D eigenvalue weighted by atomic mass is 9.81. The summed E-state index contributed by atoms with van der Waals surface area (Å²) in [7, 11) is -1.27. The maximum Gasteiger partial charge on any atom is 0.259 e. The minimum absolute atomic E-state index is 0.0603. The summed E-state index contributed by atoms with van der Waals surface area (Å²) in [5.74, 6) is 0.0603. The van der Waals surface area contributed by atoms with E-state index in [-0.39, 0.29) is 28.8 Å². The van der Waals surface area contributed by atoms with Crippen molar-refractivity contribution >= 4 is 31.5 Å². The second kappa shape index (κ2) is 20.5. The molecule has 1 unspecified atom stereocenters. The molecule has 1 N–H and O–H groups in total. The molecule has 2 aromatic carbocycles. The van der Waals surface area contributed by atoms with Gasteiger partial charge in [0.1, 0.15) is 13.2 Å². The summed E-state index contributed by atoms with van der Waals surface area (Å²) in [5.41, 5.74) is 7.78. The molecule has 2 aromatic rings. The van der Waals surface area contributed by atoms with Crippen LogP contribution < -0.4 is 10.2 Å². The zero-order valence-corrected chi connectivity index (χ0v) is 35.3. The number of fused-ring (bicyclic) bond motifs is 2. The van der Waals surface area contributed by atoms with Crippen LogP contribution in [0, 0.1) is 6.57 Å². The molecule has 0 spiro atoms. The Labute approximate surface area is 327 Å². The van der Waals surface area contributed by atoms with Crippen molar-refractivity contribution in [3.05, 3.63) is 95.0 Å². The van der Waals surface area contributed by atoms with E-state index < -0.39 is 8.53 Å². The van der Waals surface area contributed by atoms with E-state index in [4.69, 9.17) is 20.4 Å². The predicted molar refractivity (Wildman–Crippen MR) is 224 cm³/mol. The van der Waals surface area contributed by atoms with Crippen LogP contribution in [-0.2, 0) is 29.4 Å². The Bertz CT molecular complexity index is 1670. The molecule has 0 saturated heterocycles. The number of carbonyl (C=O) groups excluding carboxylic acids is 1. The molecule has 4 rings (SSSR count). The van der Waals surface area contributed by atoms with Crippen LogP contribution in [0.5, 0.6) is 0 Å². The molecule has 2 heterocycles. The van der Waals surface area contributed by atoms with Gasteiger partial charge in [0, 0.05) is 66.1 Å². The standard InChI is InChI=1S/C44H64N5O4P/c1-11-47-38-22-16-14-20-36(38)43(6,7)40(47)24-19-25-41-44(8,9)37-21-15-17-23-39(37)48(41)29-18-12-13-26-42(50)46-28-30-51-32-33-53-54(52-31-27-45-10)49(34(2)3)35(4)5/h14-17,19-25,34-35H,11-13,18,26-33H2,1-9H3/p+1. The number of amides is 1. The van der Waals surface area contributed by atoms with Crippen LogP contribution in [0.4, 0.5) is 11.4 Å². The summed E-state index contributed by atoms with van der Waals surface area (Å²) in [6.45, 7) is 31.2. The van der Waals surface area contributed by atoms with Gasteiger partial charge < -0.3 is 28.8 Å². The van der Waals surface area contributed by atoms with E-state index in [0.717, 1.165) is 32.4 Å². The average molecular weight is 759 g/mol. The summed E-state index contributed by atoms with van der Waals surface area (Å²) >= 11 is 0. The van der Waals surface area contributed by atoms with Crippen LogP contribution in [-0.4, -0.2) is 85.6 Å². The Hall–Kier alpha value is -3.38. The maximum atomic E-state index is 12.6. The maximum absolute atomic E-state index is 12.6. The third kappa shape index (κ3) is 10.7. The first-order chi connectivity index (χ1) is 25.9. The number of nitrogens with zero attached hydrogens (tertiary/aromatic N) is 4. The summed E-state index contributed by atoms with van der Waals surface area (Å²) in [4.78, 5) is 18.5. The Morgan fingerprint density at radius 1 is 0.926 bits per heavy atom. The largest absolute Gasteiger partial charge is 0.377 e. The van der Waals surface area contributed by atoms with Crippen LogP contribution in [0.3, 0.4) is 0 Å². The monoisotopic (exact) mass is 758 g/mol. The molecule has 9 nitrogen and oxygen atoms in total. The molecule has 2 aliphatic rings. The van der Waals surface area contributed by atoms with Gasteiger partial charge >= 0.3 is 0 Å². The van der Waals surface area contributed by atoms with Gasteiger partial charge in [-0.3, -0.25) is 4.79 Å². The number of para-hydroxylation sites is 2. The minimum atomic E-state index is -1.27. The highest BCUT2D eigenvalue weighted by atomic mass is 31.2. The molecule has 10 heteroatoms. The van der Waals surface area contributed by atoms with E-state index in [9.17, 15) is 4.79 Å². The highest BCUT2D eigenvalue weighted by Gasteiger charge is 2.44. The number of carbonyl (C=O) groups is 1. The quantitative estimate of drug-likeness (QED) is 0.0559. The zero-order valence-electron chi connectivity index (χ0n) is 34.4. The molecule has 294 valence electrons. The molecule has 1 amide bonds. The summed E-state index contributed by atoms with van der Waals surface area (Å²) in [5, 5.41) is 3.00. The molecular formula is C44H65N5O4P+. The molecule has 0 fully saturated rings. The highest BCUT2D eigenvalue weighted by molar-refractivity contribution is 7.44. The molecule has 0 bridgehead atoms. The van der Waals surface area contributed by atoms with Crippen LogP contribution in [0.25, 0.3) is 4.85 Å². The van der Waals surface area contributed by atoms with Crippen molar-refractivity contribution in [2.75, 3.05) is 57.5 Å². The van der Waals surface area contributed by atoms with Gasteiger partial charge in [-0.2, -0.15) is 4.58 Å². The number of nitrogens with one attached hydrogen (secondary N) is 1. The summed E-state index contributed by atoms with van der Waals surface area (Å²) in [6, 6.07) is 18.1. The second-order valence-corrected chi connectivity index (χ2v) is 17.1. The fraction of sp³-hybridized carbons (Fsp3) is 0.568. The molecule has 2 aliphatic heterocycles. The lowest BCUT2D eigenvalue weighted by molar-refractivity contribution is -0.433. The smallest absolute Gasteiger partial charge is 0.259 e. The number of unbranched alkanes of at least 4 members (excludes halogenated alkanes) is 2. The number of benzene rings is 2. The molecule has 0 radical (unpaired) electrons. The van der Waals surface area contributed by atoms with E-state index >= 15 is 0 Å². The van der Waals surface area contributed by atoms with E-state index in [2.05, 4.69) is 153 Å². The Morgan fingerprint density at radius 2 is 1.61 bits per heavy atom. The van der Waals surface area contributed by atoms with Crippen molar-refractivity contribution in [1.29, 1.82) is 0 Å². The molecule has 1 atom stereocenters. The third-order valence-electron chi connectivity index (χ3n) is 10.4. The van der Waals surface area contributed by atoms with Gasteiger partial charge in [-0.1, -0.05) is 62.7 Å². The number of hydrogen-bond donors (Lipinski definition) is 1. The van der Waals surface area contributed by atoms with Gasteiger partial charge in [0.25, 0.3) is 8.53 Å². The van der Waals surface area contributed by atoms with Crippen LogP contribution in [0.2, 0.25) is 0 Å². The van der Waals surface area contributed by atoms with Crippen molar-refractivity contribution < 1.29 is 23.2 Å². The number of hydrogen-bond acceptors (Lipinski definition) is 6. The van der Waals surface area contributed by atoms with Gasteiger partial charge in [-0.05, 0) is 79.0 Å². The average Bonchev–Trinajstić information content (AvgIpc) is 3.49. The fourth-order valence-corrected chi connectivity index (χ4v) is 9.33. The molecular weight excluding hydrogens is 693 g/mol. The Kier molecular flexibility index (Phi) is 16.5. The van der Waals surface area contributed by atoms with E-state index in [1.54, 1.807) is 0 Å². The first kappa shape index (κ1) is 43.3. The van der Waals surface area contributed by atoms with Crippen molar-refractivity contribution in [2.45, 2.75) is 111 Å².